The van der Waals surface area contributed by atoms with Gasteiger partial charge < -0.3 is 21.5 Å². The maximum Gasteiger partial charge on any atom is 0.252 e. The van der Waals surface area contributed by atoms with Crippen LogP contribution in [0, 0.1) is 17.8 Å². The van der Waals surface area contributed by atoms with Gasteiger partial charge in [-0.15, -0.1) is 0 Å². The Morgan fingerprint density at radius 3 is 2.70 bits per heavy atom. The number of nitrogens with zero attached hydrogens (tertiary/aromatic N) is 1. The van der Waals surface area contributed by atoms with E-state index in [4.69, 9.17) is 5.73 Å². The van der Waals surface area contributed by atoms with Gasteiger partial charge in [0.15, 0.2) is 0 Å². The number of nitrogens with two attached hydrogens (primary N) is 1. The summed E-state index contributed by atoms with van der Waals surface area (Å²) in [6, 6.07) is 2.60. The molecular weight excluding hydrogens is 292 g/mol. The number of amides is 1. The molecule has 1 aromatic heterocycles. The number of nitrogens with one attached hydrogen (secondary N) is 2. The van der Waals surface area contributed by atoms with E-state index in [0.717, 1.165) is 36.2 Å². The highest BCUT2D eigenvalue weighted by molar-refractivity contribution is 5.98. The lowest BCUT2D eigenvalue weighted by Gasteiger charge is -2.32. The minimum Gasteiger partial charge on any atom is -0.393 e. The summed E-state index contributed by atoms with van der Waals surface area (Å²) in [7, 11) is 0. The fraction of sp³-hybridized carbons (Fsp3) is 0.647. The van der Waals surface area contributed by atoms with Gasteiger partial charge in [-0.1, -0.05) is 6.92 Å². The van der Waals surface area contributed by atoms with Crippen LogP contribution in [0.15, 0.2) is 12.3 Å². The molecule has 6 nitrogen and oxygen atoms in total. The SMILES string of the molecule is C[C@@H]1CC[C@@H](Nc2cc(NC3C4C[C@H]43)ncc2C(N)=O)C[C@H]1O. The predicted molar refractivity (Wildman–Crippen MR) is 88.2 cm³/mol. The van der Waals surface area contributed by atoms with Gasteiger partial charge in [-0.3, -0.25) is 4.79 Å². The number of hydrogen-bond donors (Lipinski definition) is 4. The molecule has 3 aliphatic carbocycles. The number of anilines is 2. The van der Waals surface area contributed by atoms with E-state index >= 15 is 0 Å². The molecule has 3 aliphatic rings. The zero-order valence-electron chi connectivity index (χ0n) is 13.3. The number of carbonyl (C=O) groups excluding carboxylic acids is 1. The zero-order valence-corrected chi connectivity index (χ0v) is 13.3. The van der Waals surface area contributed by atoms with Crippen molar-refractivity contribution in [1.29, 1.82) is 0 Å². The summed E-state index contributed by atoms with van der Waals surface area (Å²) < 4.78 is 0. The first-order valence-electron chi connectivity index (χ1n) is 8.54. The molecule has 0 spiro atoms. The Morgan fingerprint density at radius 1 is 1.30 bits per heavy atom. The van der Waals surface area contributed by atoms with Crippen LogP contribution in [-0.4, -0.2) is 34.2 Å². The smallest absolute Gasteiger partial charge is 0.252 e. The summed E-state index contributed by atoms with van der Waals surface area (Å²) in [6.45, 7) is 2.07. The molecule has 1 aromatic rings. The van der Waals surface area contributed by atoms with Crippen molar-refractivity contribution in [1.82, 2.24) is 4.98 Å². The van der Waals surface area contributed by atoms with Gasteiger partial charge in [0.1, 0.15) is 5.82 Å². The highest BCUT2D eigenvalue weighted by atomic mass is 16.3. The molecule has 5 N–H and O–H groups in total. The molecule has 4 rings (SSSR count). The van der Waals surface area contributed by atoms with Crippen LogP contribution in [0.25, 0.3) is 0 Å². The van der Waals surface area contributed by atoms with E-state index in [0.29, 0.717) is 23.9 Å². The summed E-state index contributed by atoms with van der Waals surface area (Å²) >= 11 is 0. The third kappa shape index (κ3) is 2.87. The monoisotopic (exact) mass is 316 g/mol. The average molecular weight is 316 g/mol. The molecule has 0 bridgehead atoms. The van der Waals surface area contributed by atoms with Crippen LogP contribution in [0.4, 0.5) is 11.5 Å². The Bertz CT molecular complexity index is 627. The Morgan fingerprint density at radius 2 is 2.09 bits per heavy atom. The number of aromatic nitrogens is 1. The van der Waals surface area contributed by atoms with Crippen molar-refractivity contribution in [2.45, 2.75) is 50.8 Å². The number of pyridine rings is 1. The third-order valence-electron chi connectivity index (χ3n) is 5.67. The van der Waals surface area contributed by atoms with Gasteiger partial charge in [0, 0.05) is 24.3 Å². The first-order valence-corrected chi connectivity index (χ1v) is 8.54. The van der Waals surface area contributed by atoms with Gasteiger partial charge in [-0.2, -0.15) is 0 Å². The van der Waals surface area contributed by atoms with Gasteiger partial charge in [-0.05, 0) is 43.4 Å². The standard InChI is InChI=1S/C17H24N4O2/c1-8-2-3-9(4-14(8)22)20-13-6-15(19-7-12(13)17(18)23)21-16-10-5-11(10)16/h6-11,14,16,22H,2-5H2,1H3,(H2,18,23)(H2,19,20,21)/t8-,9-,10-,11?,14-,16?/m1/s1. The fourth-order valence-corrected chi connectivity index (χ4v) is 3.66. The van der Waals surface area contributed by atoms with Crippen LogP contribution in [0.2, 0.25) is 0 Å². The molecule has 124 valence electrons. The lowest BCUT2D eigenvalue weighted by Crippen LogP contribution is -2.35. The van der Waals surface area contributed by atoms with E-state index < -0.39 is 5.91 Å². The minimum atomic E-state index is -0.481. The molecule has 0 aromatic carbocycles. The van der Waals surface area contributed by atoms with Crippen molar-refractivity contribution < 1.29 is 9.90 Å². The van der Waals surface area contributed by atoms with Crippen molar-refractivity contribution in [3.8, 4) is 0 Å². The molecular formula is C17H24N4O2. The summed E-state index contributed by atoms with van der Waals surface area (Å²) in [5, 5.41) is 16.9. The van der Waals surface area contributed by atoms with Crippen LogP contribution in [0.1, 0.15) is 43.0 Å². The number of rotatable bonds is 5. The molecule has 23 heavy (non-hydrogen) atoms. The molecule has 6 heteroatoms. The van der Waals surface area contributed by atoms with Crippen LogP contribution >= 0.6 is 0 Å². The number of hydrogen-bond acceptors (Lipinski definition) is 5. The van der Waals surface area contributed by atoms with E-state index in [-0.39, 0.29) is 12.1 Å². The summed E-state index contributed by atoms with van der Waals surface area (Å²) in [6.07, 6.45) is 5.23. The van der Waals surface area contributed by atoms with Crippen LogP contribution in [0.5, 0.6) is 0 Å². The predicted octanol–water partition coefficient (Wildman–Crippen LogP) is 1.57. The highest BCUT2D eigenvalue weighted by Crippen LogP contribution is 2.63. The van der Waals surface area contributed by atoms with Crippen molar-refractivity contribution in [3.63, 3.8) is 0 Å². The van der Waals surface area contributed by atoms with Crippen molar-refractivity contribution in [2.24, 2.45) is 23.5 Å². The second-order valence-corrected chi connectivity index (χ2v) is 7.41. The summed E-state index contributed by atoms with van der Waals surface area (Å²) in [5.41, 5.74) is 6.60. The quantitative estimate of drug-likeness (QED) is 0.661. The number of fused-ring (bicyclic) bond motifs is 1. The largest absolute Gasteiger partial charge is 0.393 e. The molecule has 6 atom stereocenters. The van der Waals surface area contributed by atoms with Crippen molar-refractivity contribution in [2.75, 3.05) is 10.6 Å². The van der Waals surface area contributed by atoms with Gasteiger partial charge in [0.25, 0.3) is 5.91 Å². The second kappa shape index (κ2) is 5.37. The van der Waals surface area contributed by atoms with Gasteiger partial charge in [0.2, 0.25) is 0 Å². The van der Waals surface area contributed by atoms with E-state index in [2.05, 4.69) is 22.5 Å². The fourth-order valence-electron chi connectivity index (χ4n) is 3.66. The number of aliphatic hydroxyl groups excluding tert-OH is 1. The second-order valence-electron chi connectivity index (χ2n) is 7.41. The minimum absolute atomic E-state index is 0.156. The average Bonchev–Trinajstić information content (AvgIpc) is 3.40. The highest BCUT2D eigenvalue weighted by Gasteiger charge is 2.64. The number of primary amides is 1. The maximum absolute atomic E-state index is 11.7. The van der Waals surface area contributed by atoms with E-state index in [1.807, 2.05) is 6.07 Å². The molecule has 1 amide bonds. The normalized spacial score (nSPS) is 37.7. The Hall–Kier alpha value is -1.82. The van der Waals surface area contributed by atoms with Gasteiger partial charge >= 0.3 is 0 Å². The van der Waals surface area contributed by atoms with Crippen LogP contribution < -0.4 is 16.4 Å². The van der Waals surface area contributed by atoms with Gasteiger partial charge in [-0.25, -0.2) is 4.98 Å². The lowest BCUT2D eigenvalue weighted by atomic mass is 9.84. The molecule has 3 saturated carbocycles. The molecule has 1 heterocycles. The number of aliphatic hydroxyl groups is 1. The van der Waals surface area contributed by atoms with Crippen LogP contribution in [-0.2, 0) is 0 Å². The molecule has 0 radical (unpaired) electrons. The van der Waals surface area contributed by atoms with Crippen LogP contribution in [0.3, 0.4) is 0 Å². The molecule has 2 unspecified atom stereocenters. The van der Waals surface area contributed by atoms with Crippen molar-refractivity contribution in [3.05, 3.63) is 17.8 Å². The topological polar surface area (TPSA) is 100 Å². The van der Waals surface area contributed by atoms with E-state index in [1.165, 1.54) is 6.42 Å². The first-order chi connectivity index (χ1) is 11.0. The summed E-state index contributed by atoms with van der Waals surface area (Å²) in [5.74, 6) is 2.31. The zero-order chi connectivity index (χ0) is 16.1. The Labute approximate surface area is 135 Å². The first kappa shape index (κ1) is 14.8. The number of carbonyl (C=O) groups is 1. The summed E-state index contributed by atoms with van der Waals surface area (Å²) in [4.78, 5) is 16.0. The molecule has 3 fully saturated rings. The Balaban J connectivity index is 1.49. The molecule has 0 saturated heterocycles. The van der Waals surface area contributed by atoms with E-state index in [9.17, 15) is 9.90 Å². The Kier molecular flexibility index (Phi) is 3.44. The van der Waals surface area contributed by atoms with Gasteiger partial charge in [0.05, 0.1) is 17.4 Å². The third-order valence-corrected chi connectivity index (χ3v) is 5.67. The van der Waals surface area contributed by atoms with E-state index in [1.54, 1.807) is 6.20 Å². The van der Waals surface area contributed by atoms with Crippen molar-refractivity contribution >= 4 is 17.4 Å². The maximum atomic E-state index is 11.7. The molecule has 0 aliphatic heterocycles. The lowest BCUT2D eigenvalue weighted by molar-refractivity contribution is 0.0740.